The maximum Gasteiger partial charge on any atom is 0.191 e. The Morgan fingerprint density at radius 3 is 3.00 bits per heavy atom. The molecule has 6 heteroatoms. The standard InChI is InChI=1S/C16H28N6/c1-2-17-16(18-11-13-7-9-19-21-13)20-14-8-10-22(12-14)15-5-3-4-6-15/h7,9,14-15H,2-6,8,10-12H2,1H3,(H,19,21)(H2,17,18,20). The van der Waals surface area contributed by atoms with Gasteiger partial charge in [0, 0.05) is 37.9 Å². The molecule has 0 amide bonds. The van der Waals surface area contributed by atoms with Crippen LogP contribution in [0.1, 0.15) is 44.7 Å². The molecule has 0 radical (unpaired) electrons. The topological polar surface area (TPSA) is 68.3 Å². The van der Waals surface area contributed by atoms with Gasteiger partial charge < -0.3 is 10.6 Å². The van der Waals surface area contributed by atoms with Crippen molar-refractivity contribution in [2.75, 3.05) is 19.6 Å². The Morgan fingerprint density at radius 2 is 2.27 bits per heavy atom. The molecule has 122 valence electrons. The summed E-state index contributed by atoms with van der Waals surface area (Å²) in [6, 6.07) is 3.31. The summed E-state index contributed by atoms with van der Waals surface area (Å²) >= 11 is 0. The van der Waals surface area contributed by atoms with Crippen LogP contribution in [-0.2, 0) is 6.54 Å². The maximum atomic E-state index is 4.65. The van der Waals surface area contributed by atoms with Crippen LogP contribution in [-0.4, -0.2) is 52.8 Å². The molecular formula is C16H28N6. The zero-order chi connectivity index (χ0) is 15.2. The lowest BCUT2D eigenvalue weighted by molar-refractivity contribution is 0.242. The van der Waals surface area contributed by atoms with Crippen LogP contribution in [0.4, 0.5) is 0 Å². The van der Waals surface area contributed by atoms with Gasteiger partial charge in [-0.3, -0.25) is 10.00 Å². The van der Waals surface area contributed by atoms with Crippen LogP contribution >= 0.6 is 0 Å². The minimum Gasteiger partial charge on any atom is -0.357 e. The van der Waals surface area contributed by atoms with Crippen molar-refractivity contribution in [1.82, 2.24) is 25.7 Å². The molecule has 22 heavy (non-hydrogen) atoms. The molecule has 1 saturated heterocycles. The Kier molecular flexibility index (Phi) is 5.32. The smallest absolute Gasteiger partial charge is 0.191 e. The monoisotopic (exact) mass is 304 g/mol. The van der Waals surface area contributed by atoms with Gasteiger partial charge in [-0.25, -0.2) is 4.99 Å². The molecule has 2 heterocycles. The van der Waals surface area contributed by atoms with Crippen LogP contribution in [0.15, 0.2) is 17.3 Å². The number of H-pyrrole nitrogens is 1. The summed E-state index contributed by atoms with van der Waals surface area (Å²) in [7, 11) is 0. The molecule has 3 rings (SSSR count). The molecule has 1 aromatic heterocycles. The van der Waals surface area contributed by atoms with Gasteiger partial charge in [-0.2, -0.15) is 5.10 Å². The van der Waals surface area contributed by atoms with Crippen LogP contribution in [0.2, 0.25) is 0 Å². The lowest BCUT2D eigenvalue weighted by Crippen LogP contribution is -2.45. The van der Waals surface area contributed by atoms with Gasteiger partial charge in [0.1, 0.15) is 0 Å². The first kappa shape index (κ1) is 15.3. The Labute approximate surface area is 132 Å². The Hall–Kier alpha value is -1.56. The van der Waals surface area contributed by atoms with E-state index >= 15 is 0 Å². The van der Waals surface area contributed by atoms with E-state index in [9.17, 15) is 0 Å². The van der Waals surface area contributed by atoms with Gasteiger partial charge in [0.25, 0.3) is 0 Å². The van der Waals surface area contributed by atoms with E-state index in [2.05, 4.69) is 37.6 Å². The third-order valence-electron chi connectivity index (χ3n) is 4.71. The van der Waals surface area contributed by atoms with E-state index in [-0.39, 0.29) is 0 Å². The van der Waals surface area contributed by atoms with Crippen molar-refractivity contribution >= 4 is 5.96 Å². The zero-order valence-corrected chi connectivity index (χ0v) is 13.5. The number of nitrogens with one attached hydrogen (secondary N) is 3. The van der Waals surface area contributed by atoms with Gasteiger partial charge in [-0.05, 0) is 32.3 Å². The lowest BCUT2D eigenvalue weighted by atomic mass is 10.2. The molecule has 0 aromatic carbocycles. The molecule has 2 aliphatic rings. The highest BCUT2D eigenvalue weighted by atomic mass is 15.3. The fraction of sp³-hybridized carbons (Fsp3) is 0.750. The molecule has 1 atom stereocenters. The SMILES string of the molecule is CCNC(=NCc1ccn[nH]1)NC1CCN(C2CCCC2)C1. The summed E-state index contributed by atoms with van der Waals surface area (Å²) in [5, 5.41) is 13.9. The highest BCUT2D eigenvalue weighted by molar-refractivity contribution is 5.80. The van der Waals surface area contributed by atoms with Crippen molar-refractivity contribution in [3.63, 3.8) is 0 Å². The molecule has 1 unspecified atom stereocenters. The summed E-state index contributed by atoms with van der Waals surface area (Å²) in [5.41, 5.74) is 1.04. The quantitative estimate of drug-likeness (QED) is 0.569. The number of aromatic nitrogens is 2. The van der Waals surface area contributed by atoms with Gasteiger partial charge in [0.15, 0.2) is 5.96 Å². The molecule has 1 aliphatic carbocycles. The number of rotatable bonds is 5. The van der Waals surface area contributed by atoms with Crippen molar-refractivity contribution in [2.24, 2.45) is 4.99 Å². The van der Waals surface area contributed by atoms with Crippen LogP contribution in [0, 0.1) is 0 Å². The third-order valence-corrected chi connectivity index (χ3v) is 4.71. The molecule has 1 saturated carbocycles. The second-order valence-electron chi connectivity index (χ2n) is 6.34. The number of nitrogens with zero attached hydrogens (tertiary/aromatic N) is 3. The van der Waals surface area contributed by atoms with E-state index in [1.54, 1.807) is 6.20 Å². The average molecular weight is 304 g/mol. The average Bonchev–Trinajstić information content (AvgIpc) is 3.26. The van der Waals surface area contributed by atoms with Gasteiger partial charge >= 0.3 is 0 Å². The summed E-state index contributed by atoms with van der Waals surface area (Å²) < 4.78 is 0. The van der Waals surface area contributed by atoms with Crippen LogP contribution in [0.3, 0.4) is 0 Å². The van der Waals surface area contributed by atoms with Crippen molar-refractivity contribution in [3.05, 3.63) is 18.0 Å². The van der Waals surface area contributed by atoms with E-state index < -0.39 is 0 Å². The predicted octanol–water partition coefficient (Wildman–Crippen LogP) is 1.48. The summed E-state index contributed by atoms with van der Waals surface area (Å²) in [5.74, 6) is 0.912. The summed E-state index contributed by atoms with van der Waals surface area (Å²) in [6.07, 6.45) is 8.58. The first-order valence-corrected chi connectivity index (χ1v) is 8.62. The van der Waals surface area contributed by atoms with Crippen molar-refractivity contribution in [1.29, 1.82) is 0 Å². The molecule has 3 N–H and O–H groups in total. The number of guanidine groups is 1. The summed E-state index contributed by atoms with van der Waals surface area (Å²) in [4.78, 5) is 7.32. The minimum atomic E-state index is 0.514. The highest BCUT2D eigenvalue weighted by Gasteiger charge is 2.30. The minimum absolute atomic E-state index is 0.514. The number of hydrogen-bond donors (Lipinski definition) is 3. The predicted molar refractivity (Wildman–Crippen MR) is 88.8 cm³/mol. The van der Waals surface area contributed by atoms with E-state index in [1.807, 2.05) is 6.07 Å². The number of hydrogen-bond acceptors (Lipinski definition) is 3. The van der Waals surface area contributed by atoms with Crippen molar-refractivity contribution in [3.8, 4) is 0 Å². The second kappa shape index (κ2) is 7.63. The van der Waals surface area contributed by atoms with E-state index in [4.69, 9.17) is 0 Å². The van der Waals surface area contributed by atoms with E-state index in [0.29, 0.717) is 12.6 Å². The van der Waals surface area contributed by atoms with Crippen LogP contribution < -0.4 is 10.6 Å². The maximum absolute atomic E-state index is 4.65. The number of aliphatic imine (C=N–C) groups is 1. The van der Waals surface area contributed by atoms with Gasteiger partial charge in [0.2, 0.25) is 0 Å². The van der Waals surface area contributed by atoms with Crippen molar-refractivity contribution in [2.45, 2.75) is 57.7 Å². The van der Waals surface area contributed by atoms with Crippen LogP contribution in [0.5, 0.6) is 0 Å². The van der Waals surface area contributed by atoms with Gasteiger partial charge in [-0.1, -0.05) is 12.8 Å². The molecule has 1 aromatic rings. The normalized spacial score (nSPS) is 24.0. The van der Waals surface area contributed by atoms with Gasteiger partial charge in [0.05, 0.1) is 12.2 Å². The zero-order valence-electron chi connectivity index (χ0n) is 13.5. The highest BCUT2D eigenvalue weighted by Crippen LogP contribution is 2.26. The van der Waals surface area contributed by atoms with Crippen molar-refractivity contribution < 1.29 is 0 Å². The molecule has 2 fully saturated rings. The molecular weight excluding hydrogens is 276 g/mol. The fourth-order valence-electron chi connectivity index (χ4n) is 3.56. The largest absolute Gasteiger partial charge is 0.357 e. The van der Waals surface area contributed by atoms with Crippen LogP contribution in [0.25, 0.3) is 0 Å². The first-order chi connectivity index (χ1) is 10.8. The second-order valence-corrected chi connectivity index (χ2v) is 6.34. The number of aromatic amines is 1. The Bertz CT molecular complexity index is 463. The molecule has 0 bridgehead atoms. The molecule has 1 aliphatic heterocycles. The molecule has 6 nitrogen and oxygen atoms in total. The van der Waals surface area contributed by atoms with Gasteiger partial charge in [-0.15, -0.1) is 0 Å². The lowest BCUT2D eigenvalue weighted by Gasteiger charge is -2.24. The third kappa shape index (κ3) is 4.00. The first-order valence-electron chi connectivity index (χ1n) is 8.62. The fourth-order valence-corrected chi connectivity index (χ4v) is 3.56. The van der Waals surface area contributed by atoms with E-state index in [0.717, 1.165) is 30.8 Å². The Morgan fingerprint density at radius 1 is 1.41 bits per heavy atom. The summed E-state index contributed by atoms with van der Waals surface area (Å²) in [6.45, 7) is 6.00. The molecule has 0 spiro atoms. The Balaban J connectivity index is 1.51. The number of likely N-dealkylation sites (tertiary alicyclic amines) is 1. The van der Waals surface area contributed by atoms with E-state index in [1.165, 1.54) is 38.6 Å².